The molecule has 0 atom stereocenters. The van der Waals surface area contributed by atoms with Gasteiger partial charge in [0.25, 0.3) is 0 Å². The van der Waals surface area contributed by atoms with Gasteiger partial charge in [-0.2, -0.15) is 4.39 Å². The highest BCUT2D eigenvalue weighted by Gasteiger charge is 2.22. The van der Waals surface area contributed by atoms with Crippen LogP contribution >= 0.6 is 0 Å². The molecule has 1 heterocycles. The van der Waals surface area contributed by atoms with E-state index in [4.69, 9.17) is 0 Å². The van der Waals surface area contributed by atoms with Crippen molar-refractivity contribution < 1.29 is 8.78 Å². The van der Waals surface area contributed by atoms with Gasteiger partial charge in [-0.05, 0) is 54.7 Å². The number of rotatable bonds is 7. The van der Waals surface area contributed by atoms with Gasteiger partial charge in [0.1, 0.15) is 0 Å². The molecule has 1 nitrogen and oxygen atoms in total. The maximum absolute atomic E-state index is 13.4. The van der Waals surface area contributed by atoms with E-state index < -0.39 is 11.8 Å². The fourth-order valence-corrected chi connectivity index (χ4v) is 4.17. The van der Waals surface area contributed by atoms with Crippen molar-refractivity contribution >= 4 is 0 Å². The predicted octanol–water partition coefficient (Wildman–Crippen LogP) is 7.27. The highest BCUT2D eigenvalue weighted by atomic mass is 19.2. The zero-order valence-corrected chi connectivity index (χ0v) is 15.7. The van der Waals surface area contributed by atoms with Crippen molar-refractivity contribution in [2.24, 2.45) is 5.92 Å². The van der Waals surface area contributed by atoms with Gasteiger partial charge in [0.2, 0.25) is 5.95 Å². The zero-order valence-electron chi connectivity index (χ0n) is 15.7. The number of pyridine rings is 1. The lowest BCUT2D eigenvalue weighted by atomic mass is 9.77. The molecule has 0 unspecified atom stereocenters. The second kappa shape index (κ2) is 9.25. The van der Waals surface area contributed by atoms with Crippen molar-refractivity contribution in [1.82, 2.24) is 4.98 Å². The summed E-state index contributed by atoms with van der Waals surface area (Å²) in [5.41, 5.74) is 2.87. The van der Waals surface area contributed by atoms with Gasteiger partial charge in [0.05, 0.1) is 0 Å². The van der Waals surface area contributed by atoms with E-state index in [-0.39, 0.29) is 0 Å². The van der Waals surface area contributed by atoms with Crippen molar-refractivity contribution in [3.8, 4) is 11.1 Å². The van der Waals surface area contributed by atoms with Gasteiger partial charge >= 0.3 is 0 Å². The van der Waals surface area contributed by atoms with Gasteiger partial charge < -0.3 is 0 Å². The number of hydrogen-bond donors (Lipinski definition) is 0. The SMILES string of the molecule is CCCCCC[C@H]1CC[C@H](c2ccc(-c3cnc(F)c(F)c3)cc2)CC1. The van der Waals surface area contributed by atoms with Gasteiger partial charge in [0.15, 0.2) is 5.82 Å². The average molecular weight is 357 g/mol. The number of benzene rings is 1. The van der Waals surface area contributed by atoms with Crippen LogP contribution in [0.15, 0.2) is 36.5 Å². The fourth-order valence-electron chi connectivity index (χ4n) is 4.17. The number of halogens is 2. The lowest BCUT2D eigenvalue weighted by Gasteiger charge is -2.29. The van der Waals surface area contributed by atoms with Crippen molar-refractivity contribution in [2.45, 2.75) is 70.6 Å². The Kier molecular flexibility index (Phi) is 6.76. The third-order valence-electron chi connectivity index (χ3n) is 5.82. The molecule has 0 amide bonds. The molecule has 2 aromatic rings. The summed E-state index contributed by atoms with van der Waals surface area (Å²) in [4.78, 5) is 3.47. The van der Waals surface area contributed by atoms with Crippen LogP contribution in [0.3, 0.4) is 0 Å². The Balaban J connectivity index is 1.54. The van der Waals surface area contributed by atoms with Crippen LogP contribution in [-0.4, -0.2) is 4.98 Å². The van der Waals surface area contributed by atoms with Gasteiger partial charge in [-0.3, -0.25) is 0 Å². The predicted molar refractivity (Wildman–Crippen MR) is 103 cm³/mol. The molecular formula is C23H29F2N. The molecule has 0 bridgehead atoms. The first-order valence-electron chi connectivity index (χ1n) is 10.1. The molecule has 1 fully saturated rings. The number of hydrogen-bond acceptors (Lipinski definition) is 1. The highest BCUT2D eigenvalue weighted by Crippen LogP contribution is 2.38. The minimum absolute atomic E-state index is 0.617. The van der Waals surface area contributed by atoms with Crippen molar-refractivity contribution in [3.05, 3.63) is 53.9 Å². The quantitative estimate of drug-likeness (QED) is 0.375. The Hall–Kier alpha value is -1.77. The van der Waals surface area contributed by atoms with Gasteiger partial charge in [-0.15, -0.1) is 0 Å². The van der Waals surface area contributed by atoms with E-state index in [0.717, 1.165) is 11.5 Å². The molecule has 0 spiro atoms. The van der Waals surface area contributed by atoms with Gasteiger partial charge in [-0.25, -0.2) is 9.37 Å². The molecule has 140 valence electrons. The maximum atomic E-state index is 13.4. The molecular weight excluding hydrogens is 328 g/mol. The van der Waals surface area contributed by atoms with E-state index in [9.17, 15) is 8.78 Å². The van der Waals surface area contributed by atoms with Crippen LogP contribution in [0.25, 0.3) is 11.1 Å². The Labute approximate surface area is 155 Å². The summed E-state index contributed by atoms with van der Waals surface area (Å²) in [5, 5.41) is 0. The summed E-state index contributed by atoms with van der Waals surface area (Å²) in [6.45, 7) is 2.26. The summed E-state index contributed by atoms with van der Waals surface area (Å²) >= 11 is 0. The summed E-state index contributed by atoms with van der Waals surface area (Å²) < 4.78 is 26.3. The monoisotopic (exact) mass is 357 g/mol. The molecule has 26 heavy (non-hydrogen) atoms. The van der Waals surface area contributed by atoms with Gasteiger partial charge in [-0.1, -0.05) is 63.3 Å². The minimum atomic E-state index is -1.04. The van der Waals surface area contributed by atoms with Crippen LogP contribution < -0.4 is 0 Å². The first kappa shape index (κ1) is 19.0. The highest BCUT2D eigenvalue weighted by molar-refractivity contribution is 5.62. The van der Waals surface area contributed by atoms with E-state index in [2.05, 4.69) is 24.0 Å². The normalized spacial score (nSPS) is 20.3. The van der Waals surface area contributed by atoms with Crippen molar-refractivity contribution in [1.29, 1.82) is 0 Å². The van der Waals surface area contributed by atoms with Crippen LogP contribution in [-0.2, 0) is 0 Å². The Morgan fingerprint density at radius 2 is 1.65 bits per heavy atom. The molecule has 0 aliphatic heterocycles. The first-order chi connectivity index (χ1) is 12.7. The zero-order chi connectivity index (χ0) is 18.4. The first-order valence-corrected chi connectivity index (χ1v) is 10.1. The fraction of sp³-hybridized carbons (Fsp3) is 0.522. The Morgan fingerprint density at radius 3 is 2.31 bits per heavy atom. The summed E-state index contributed by atoms with van der Waals surface area (Å²) in [6, 6.07) is 9.49. The molecule has 0 saturated heterocycles. The van der Waals surface area contributed by atoms with Crippen LogP contribution in [0.2, 0.25) is 0 Å². The number of nitrogens with zero attached hydrogens (tertiary/aromatic N) is 1. The Bertz CT molecular complexity index is 688. The summed E-state index contributed by atoms with van der Waals surface area (Å²) in [5.74, 6) is -0.393. The second-order valence-electron chi connectivity index (χ2n) is 7.69. The van der Waals surface area contributed by atoms with E-state index in [1.54, 1.807) is 0 Å². The standard InChI is InChI=1S/C23H29F2N/c1-2-3-4-5-6-17-7-9-18(10-8-17)19-11-13-20(14-12-19)21-15-22(24)23(25)26-16-21/h11-18H,2-10H2,1H3/t17-,18-. The summed E-state index contributed by atoms with van der Waals surface area (Å²) in [7, 11) is 0. The van der Waals surface area contributed by atoms with Crippen LogP contribution in [0.4, 0.5) is 8.78 Å². The maximum Gasteiger partial charge on any atom is 0.248 e. The van der Waals surface area contributed by atoms with E-state index in [1.165, 1.54) is 75.6 Å². The third kappa shape index (κ3) is 4.90. The molecule has 0 N–H and O–H groups in total. The van der Waals surface area contributed by atoms with E-state index in [0.29, 0.717) is 11.5 Å². The average Bonchev–Trinajstić information content (AvgIpc) is 2.68. The number of aromatic nitrogens is 1. The topological polar surface area (TPSA) is 12.9 Å². The summed E-state index contributed by atoms with van der Waals surface area (Å²) in [6.07, 6.45) is 13.5. The van der Waals surface area contributed by atoms with Crippen LogP contribution in [0, 0.1) is 17.7 Å². The lowest BCUT2D eigenvalue weighted by Crippen LogP contribution is -2.13. The van der Waals surface area contributed by atoms with E-state index >= 15 is 0 Å². The lowest BCUT2D eigenvalue weighted by molar-refractivity contribution is 0.302. The molecule has 3 rings (SSSR count). The minimum Gasteiger partial charge on any atom is -0.225 e. The van der Waals surface area contributed by atoms with E-state index in [1.807, 2.05) is 12.1 Å². The number of unbranched alkanes of at least 4 members (excludes halogenated alkanes) is 3. The molecule has 1 aliphatic carbocycles. The largest absolute Gasteiger partial charge is 0.248 e. The molecule has 1 aromatic carbocycles. The van der Waals surface area contributed by atoms with Crippen LogP contribution in [0.5, 0.6) is 0 Å². The Morgan fingerprint density at radius 1 is 0.923 bits per heavy atom. The van der Waals surface area contributed by atoms with Gasteiger partial charge in [0, 0.05) is 11.8 Å². The third-order valence-corrected chi connectivity index (χ3v) is 5.82. The van der Waals surface area contributed by atoms with Crippen LogP contribution in [0.1, 0.15) is 76.2 Å². The second-order valence-corrected chi connectivity index (χ2v) is 7.69. The molecule has 0 radical (unpaired) electrons. The molecule has 1 saturated carbocycles. The van der Waals surface area contributed by atoms with Crippen molar-refractivity contribution in [2.75, 3.05) is 0 Å². The van der Waals surface area contributed by atoms with Crippen molar-refractivity contribution in [3.63, 3.8) is 0 Å². The molecule has 1 aromatic heterocycles. The smallest absolute Gasteiger partial charge is 0.225 e. The molecule has 3 heteroatoms. The molecule has 1 aliphatic rings.